The van der Waals surface area contributed by atoms with E-state index in [1.54, 1.807) is 7.11 Å². The molecule has 3 rings (SSSR count). The van der Waals surface area contributed by atoms with E-state index in [1.165, 1.54) is 10.9 Å². The second kappa shape index (κ2) is 4.48. The number of methoxy groups -OCH3 is 1. The van der Waals surface area contributed by atoms with Gasteiger partial charge in [0, 0.05) is 29.9 Å². The molecule has 0 spiro atoms. The molecule has 1 aromatic heterocycles. The SMILES string of the molecule is COc1ccc2[nH]cc([C@H]3CCCC(=O)C3)c2c1. The lowest BCUT2D eigenvalue weighted by molar-refractivity contribution is -0.120. The summed E-state index contributed by atoms with van der Waals surface area (Å²) in [5, 5.41) is 1.19. The molecular formula is C15H17NO2. The van der Waals surface area contributed by atoms with Gasteiger partial charge in [-0.05, 0) is 42.5 Å². The molecular weight excluding hydrogens is 226 g/mol. The van der Waals surface area contributed by atoms with Crippen molar-refractivity contribution in [3.05, 3.63) is 30.0 Å². The van der Waals surface area contributed by atoms with Gasteiger partial charge in [0.2, 0.25) is 0 Å². The van der Waals surface area contributed by atoms with Gasteiger partial charge >= 0.3 is 0 Å². The normalized spacial score (nSPS) is 20.3. The molecule has 0 amide bonds. The van der Waals surface area contributed by atoms with Crippen molar-refractivity contribution in [1.29, 1.82) is 0 Å². The second-order valence-corrected chi connectivity index (χ2v) is 4.99. The van der Waals surface area contributed by atoms with E-state index in [1.807, 2.05) is 18.3 Å². The number of H-pyrrole nitrogens is 1. The molecule has 1 aliphatic rings. The Balaban J connectivity index is 2.02. The number of rotatable bonds is 2. The lowest BCUT2D eigenvalue weighted by atomic mass is 9.83. The molecule has 0 saturated heterocycles. The van der Waals surface area contributed by atoms with Gasteiger partial charge < -0.3 is 9.72 Å². The van der Waals surface area contributed by atoms with Gasteiger partial charge in [0.25, 0.3) is 0 Å². The monoisotopic (exact) mass is 243 g/mol. The van der Waals surface area contributed by atoms with Crippen molar-refractivity contribution in [3.8, 4) is 5.75 Å². The summed E-state index contributed by atoms with van der Waals surface area (Å²) in [6.45, 7) is 0. The van der Waals surface area contributed by atoms with E-state index >= 15 is 0 Å². The first-order valence-electron chi connectivity index (χ1n) is 6.44. The number of carbonyl (C=O) groups excluding carboxylic acids is 1. The van der Waals surface area contributed by atoms with Gasteiger partial charge in [-0.1, -0.05) is 0 Å². The van der Waals surface area contributed by atoms with Crippen molar-refractivity contribution in [2.75, 3.05) is 7.11 Å². The number of ether oxygens (including phenoxy) is 1. The Kier molecular flexibility index (Phi) is 2.82. The van der Waals surface area contributed by atoms with E-state index in [2.05, 4.69) is 11.1 Å². The summed E-state index contributed by atoms with van der Waals surface area (Å²) in [4.78, 5) is 14.9. The van der Waals surface area contributed by atoms with Gasteiger partial charge in [0.05, 0.1) is 7.11 Å². The third-order valence-electron chi connectivity index (χ3n) is 3.84. The topological polar surface area (TPSA) is 42.1 Å². The number of hydrogen-bond donors (Lipinski definition) is 1. The van der Waals surface area contributed by atoms with E-state index in [4.69, 9.17) is 4.74 Å². The molecule has 1 aliphatic carbocycles. The fourth-order valence-electron chi connectivity index (χ4n) is 2.88. The highest BCUT2D eigenvalue weighted by Gasteiger charge is 2.23. The highest BCUT2D eigenvalue weighted by molar-refractivity contribution is 5.87. The minimum Gasteiger partial charge on any atom is -0.497 e. The van der Waals surface area contributed by atoms with Crippen molar-refractivity contribution in [2.45, 2.75) is 31.6 Å². The number of fused-ring (bicyclic) bond motifs is 1. The van der Waals surface area contributed by atoms with Crippen LogP contribution in [-0.2, 0) is 4.79 Å². The van der Waals surface area contributed by atoms with Crippen LogP contribution in [0, 0.1) is 0 Å². The number of carbonyl (C=O) groups is 1. The molecule has 94 valence electrons. The van der Waals surface area contributed by atoms with E-state index in [9.17, 15) is 4.79 Å². The quantitative estimate of drug-likeness (QED) is 0.878. The first-order valence-corrected chi connectivity index (χ1v) is 6.44. The Labute approximate surface area is 106 Å². The molecule has 1 fully saturated rings. The highest BCUT2D eigenvalue weighted by Crippen LogP contribution is 2.36. The molecule has 1 N–H and O–H groups in total. The van der Waals surface area contributed by atoms with Crippen LogP contribution in [0.3, 0.4) is 0 Å². The van der Waals surface area contributed by atoms with Gasteiger partial charge in [0.15, 0.2) is 0 Å². The third kappa shape index (κ3) is 1.90. The first-order chi connectivity index (χ1) is 8.78. The molecule has 0 aliphatic heterocycles. The van der Waals surface area contributed by atoms with Gasteiger partial charge in [-0.25, -0.2) is 0 Å². The van der Waals surface area contributed by atoms with E-state index in [0.29, 0.717) is 18.1 Å². The lowest BCUT2D eigenvalue weighted by Gasteiger charge is -2.20. The molecule has 1 heterocycles. The number of Topliss-reactive ketones (excluding diaryl/α,β-unsaturated/α-hetero) is 1. The Hall–Kier alpha value is -1.77. The summed E-state index contributed by atoms with van der Waals surface area (Å²) in [6.07, 6.45) is 5.61. The van der Waals surface area contributed by atoms with Crippen molar-refractivity contribution in [1.82, 2.24) is 4.98 Å². The Morgan fingerprint density at radius 1 is 1.39 bits per heavy atom. The first kappa shape index (κ1) is 11.3. The van der Waals surface area contributed by atoms with Gasteiger partial charge in [-0.2, -0.15) is 0 Å². The van der Waals surface area contributed by atoms with Crippen LogP contribution in [0.5, 0.6) is 5.75 Å². The van der Waals surface area contributed by atoms with Crippen LogP contribution in [-0.4, -0.2) is 17.9 Å². The van der Waals surface area contributed by atoms with Crippen LogP contribution < -0.4 is 4.74 Å². The number of hydrogen-bond acceptors (Lipinski definition) is 2. The average molecular weight is 243 g/mol. The van der Waals surface area contributed by atoms with Crippen LogP contribution in [0.1, 0.15) is 37.2 Å². The minimum atomic E-state index is 0.368. The lowest BCUT2D eigenvalue weighted by Crippen LogP contribution is -2.12. The van der Waals surface area contributed by atoms with E-state index in [-0.39, 0.29) is 0 Å². The number of nitrogens with one attached hydrogen (secondary N) is 1. The summed E-state index contributed by atoms with van der Waals surface area (Å²) < 4.78 is 5.27. The molecule has 0 bridgehead atoms. The Morgan fingerprint density at radius 3 is 3.06 bits per heavy atom. The van der Waals surface area contributed by atoms with E-state index < -0.39 is 0 Å². The molecule has 3 heteroatoms. The molecule has 2 aromatic rings. The second-order valence-electron chi connectivity index (χ2n) is 4.99. The van der Waals surface area contributed by atoms with Crippen LogP contribution in [0.2, 0.25) is 0 Å². The van der Waals surface area contributed by atoms with Crippen LogP contribution in [0.4, 0.5) is 0 Å². The van der Waals surface area contributed by atoms with Crippen LogP contribution in [0.25, 0.3) is 10.9 Å². The molecule has 0 unspecified atom stereocenters. The molecule has 1 aromatic carbocycles. The number of benzene rings is 1. The number of aromatic amines is 1. The molecule has 1 saturated carbocycles. The van der Waals surface area contributed by atoms with Gasteiger partial charge in [0.1, 0.15) is 11.5 Å². The minimum absolute atomic E-state index is 0.368. The zero-order valence-electron chi connectivity index (χ0n) is 10.5. The number of aromatic nitrogens is 1. The average Bonchev–Trinajstić information content (AvgIpc) is 2.81. The highest BCUT2D eigenvalue weighted by atomic mass is 16.5. The fraction of sp³-hybridized carbons (Fsp3) is 0.400. The molecule has 0 radical (unpaired) electrons. The largest absolute Gasteiger partial charge is 0.497 e. The third-order valence-corrected chi connectivity index (χ3v) is 3.84. The van der Waals surface area contributed by atoms with Crippen LogP contribution >= 0.6 is 0 Å². The maximum absolute atomic E-state index is 11.6. The van der Waals surface area contributed by atoms with Gasteiger partial charge in [-0.15, -0.1) is 0 Å². The van der Waals surface area contributed by atoms with Crippen molar-refractivity contribution in [3.63, 3.8) is 0 Å². The standard InChI is InChI=1S/C15H17NO2/c1-18-12-5-6-15-13(8-12)14(9-16-15)10-3-2-4-11(17)7-10/h5-6,8-10,16H,2-4,7H2,1H3/t10-/m0/s1. The maximum Gasteiger partial charge on any atom is 0.133 e. The Bertz CT molecular complexity index is 585. The van der Waals surface area contributed by atoms with Gasteiger partial charge in [-0.3, -0.25) is 4.79 Å². The molecule has 3 nitrogen and oxygen atoms in total. The number of ketones is 1. The summed E-state index contributed by atoms with van der Waals surface area (Å²) in [5.41, 5.74) is 2.38. The summed E-state index contributed by atoms with van der Waals surface area (Å²) in [6, 6.07) is 6.04. The van der Waals surface area contributed by atoms with Crippen molar-refractivity contribution >= 4 is 16.7 Å². The summed E-state index contributed by atoms with van der Waals surface area (Å²) >= 11 is 0. The van der Waals surface area contributed by atoms with Crippen molar-refractivity contribution in [2.24, 2.45) is 0 Å². The summed E-state index contributed by atoms with van der Waals surface area (Å²) in [5.74, 6) is 1.63. The Morgan fingerprint density at radius 2 is 2.28 bits per heavy atom. The zero-order valence-corrected chi connectivity index (χ0v) is 10.5. The predicted octanol–water partition coefficient (Wildman–Crippen LogP) is 3.40. The van der Waals surface area contributed by atoms with Crippen molar-refractivity contribution < 1.29 is 9.53 Å². The van der Waals surface area contributed by atoms with Crippen LogP contribution in [0.15, 0.2) is 24.4 Å². The predicted molar refractivity (Wildman–Crippen MR) is 71.1 cm³/mol. The molecule has 18 heavy (non-hydrogen) atoms. The van der Waals surface area contributed by atoms with E-state index in [0.717, 1.165) is 30.5 Å². The zero-order chi connectivity index (χ0) is 12.5. The smallest absolute Gasteiger partial charge is 0.133 e. The summed E-state index contributed by atoms with van der Waals surface area (Å²) in [7, 11) is 1.68. The maximum atomic E-state index is 11.6. The molecule has 1 atom stereocenters. The fourth-order valence-corrected chi connectivity index (χ4v) is 2.88.